The maximum absolute atomic E-state index is 10.4. The zero-order chi connectivity index (χ0) is 19.8. The minimum absolute atomic E-state index is 0.173. The van der Waals surface area contributed by atoms with Gasteiger partial charge in [-0.05, 0) is 86.1 Å². The number of benzene rings is 1. The van der Waals surface area contributed by atoms with E-state index < -0.39 is 11.4 Å². The van der Waals surface area contributed by atoms with Gasteiger partial charge >= 0.3 is 0 Å². The normalized spacial score (nSPS) is 39.4. The molecule has 150 valence electrons. The van der Waals surface area contributed by atoms with Crippen LogP contribution in [0.4, 0.5) is 0 Å². The summed E-state index contributed by atoms with van der Waals surface area (Å²) in [5, 5.41) is 19.6. The summed E-state index contributed by atoms with van der Waals surface area (Å²) >= 11 is 1.44. The highest BCUT2D eigenvalue weighted by Crippen LogP contribution is 2.70. The number of phenols is 1. The van der Waals surface area contributed by atoms with E-state index >= 15 is 0 Å². The maximum atomic E-state index is 10.4. The molecule has 2 aromatic rings. The predicted octanol–water partition coefficient (Wildman–Crippen LogP) is 4.95. The van der Waals surface area contributed by atoms with E-state index in [0.717, 1.165) is 53.5 Å². The predicted molar refractivity (Wildman–Crippen MR) is 107 cm³/mol. The molecule has 5 nitrogen and oxygen atoms in total. The van der Waals surface area contributed by atoms with Crippen LogP contribution >= 0.6 is 11.3 Å². The number of rotatable bonds is 3. The summed E-state index contributed by atoms with van der Waals surface area (Å²) in [6.07, 6.45) is 5.99. The number of phenolic OH excluding ortho intramolecular Hbond substituents is 1. The molecule has 5 aliphatic rings. The van der Waals surface area contributed by atoms with Gasteiger partial charge in [0.25, 0.3) is 5.79 Å². The van der Waals surface area contributed by atoms with Gasteiger partial charge in [0.2, 0.25) is 0 Å². The van der Waals surface area contributed by atoms with Crippen molar-refractivity contribution in [2.75, 3.05) is 7.11 Å². The fraction of sp³-hybridized carbons (Fsp3) is 0.522. The number of methoxy groups -OCH3 is 1. The highest BCUT2D eigenvalue weighted by Gasteiger charge is 2.76. The Balaban J connectivity index is 1.52. The summed E-state index contributed by atoms with van der Waals surface area (Å²) in [7, 11) is 1.68. The van der Waals surface area contributed by atoms with Gasteiger partial charge in [0.15, 0.2) is 5.60 Å². The third-order valence-corrected chi connectivity index (χ3v) is 8.81. The molecular weight excluding hydrogens is 386 g/mol. The van der Waals surface area contributed by atoms with Crippen LogP contribution in [0.3, 0.4) is 0 Å². The first kappa shape index (κ1) is 17.9. The Bertz CT molecular complexity index is 992. The average Bonchev–Trinajstić information content (AvgIpc) is 3.17. The molecular formula is C23H23NO4S. The number of ether oxygens (including phenoxy) is 1. The Labute approximate surface area is 173 Å². The van der Waals surface area contributed by atoms with Crippen LogP contribution < -0.4 is 0 Å². The van der Waals surface area contributed by atoms with E-state index in [1.54, 1.807) is 19.2 Å². The molecule has 1 aromatic carbocycles. The lowest BCUT2D eigenvalue weighted by molar-refractivity contribution is -0.645. The Morgan fingerprint density at radius 1 is 1.07 bits per heavy atom. The van der Waals surface area contributed by atoms with Crippen molar-refractivity contribution in [3.63, 3.8) is 0 Å². The minimum Gasteiger partial charge on any atom is -0.508 e. The van der Waals surface area contributed by atoms with Crippen LogP contribution in [0.2, 0.25) is 0 Å². The van der Waals surface area contributed by atoms with Crippen molar-refractivity contribution in [3.05, 3.63) is 40.8 Å². The standard InChI is InChI=1S/C23H23NO4S/c1-26-23(20-11-17(25)2-4-19(20)21-5-3-18(12-24)29-21)22(27-28-23)15-7-13-6-14(9-15)10-16(22)8-13/h2-5,11,13-16,25H,6-10H2,1H3. The first-order chi connectivity index (χ1) is 14.1. The van der Waals surface area contributed by atoms with Crippen molar-refractivity contribution in [2.45, 2.75) is 43.5 Å². The lowest BCUT2D eigenvalue weighted by atomic mass is 9.47. The molecule has 1 saturated heterocycles. The van der Waals surface area contributed by atoms with Gasteiger partial charge in [-0.1, -0.05) is 0 Å². The molecule has 4 bridgehead atoms. The van der Waals surface area contributed by atoms with Crippen LogP contribution in [0, 0.1) is 35.0 Å². The first-order valence-corrected chi connectivity index (χ1v) is 11.2. The molecule has 6 heteroatoms. The smallest absolute Gasteiger partial charge is 0.261 e. The van der Waals surface area contributed by atoms with Crippen molar-refractivity contribution < 1.29 is 19.6 Å². The number of hydrogen-bond acceptors (Lipinski definition) is 6. The minimum atomic E-state index is -1.04. The first-order valence-electron chi connectivity index (χ1n) is 10.4. The zero-order valence-corrected chi connectivity index (χ0v) is 17.1. The number of nitriles is 1. The van der Waals surface area contributed by atoms with E-state index in [0.29, 0.717) is 16.7 Å². The van der Waals surface area contributed by atoms with Gasteiger partial charge in [-0.25, -0.2) is 4.89 Å². The summed E-state index contributed by atoms with van der Waals surface area (Å²) in [5.41, 5.74) is 1.21. The molecule has 0 amide bonds. The third kappa shape index (κ3) is 2.19. The highest BCUT2D eigenvalue weighted by atomic mass is 32.1. The van der Waals surface area contributed by atoms with Crippen LogP contribution in [0.1, 0.15) is 42.5 Å². The van der Waals surface area contributed by atoms with Gasteiger partial charge in [0, 0.05) is 23.1 Å². The van der Waals surface area contributed by atoms with Crippen LogP contribution in [-0.4, -0.2) is 17.8 Å². The summed E-state index contributed by atoms with van der Waals surface area (Å²) in [4.78, 5) is 13.6. The number of nitrogens with zero attached hydrogens (tertiary/aromatic N) is 1. The van der Waals surface area contributed by atoms with Gasteiger partial charge in [0.05, 0.1) is 0 Å². The summed E-state index contributed by atoms with van der Waals surface area (Å²) in [5.74, 6) is 1.52. The number of aromatic hydroxyl groups is 1. The Morgan fingerprint density at radius 3 is 2.34 bits per heavy atom. The molecule has 1 unspecified atom stereocenters. The molecule has 1 N–H and O–H groups in total. The van der Waals surface area contributed by atoms with E-state index in [-0.39, 0.29) is 5.75 Å². The average molecular weight is 410 g/mol. The SMILES string of the molecule is COC1(c2cc(O)ccc2-c2ccc(C#N)s2)OOC12C1CC3CC(C1)CC2C3. The van der Waals surface area contributed by atoms with Gasteiger partial charge in [-0.3, -0.25) is 0 Å². The van der Waals surface area contributed by atoms with Gasteiger partial charge in [0.1, 0.15) is 16.7 Å². The van der Waals surface area contributed by atoms with Crippen molar-refractivity contribution in [2.24, 2.45) is 23.7 Å². The second-order valence-electron chi connectivity index (χ2n) is 9.09. The molecule has 1 spiro atoms. The van der Waals surface area contributed by atoms with E-state index in [9.17, 15) is 10.4 Å². The van der Waals surface area contributed by atoms with Crippen LogP contribution in [0.15, 0.2) is 30.3 Å². The van der Waals surface area contributed by atoms with Crippen LogP contribution in [-0.2, 0) is 20.3 Å². The quantitative estimate of drug-likeness (QED) is 0.727. The number of thiophene rings is 1. The van der Waals surface area contributed by atoms with E-state index in [1.807, 2.05) is 18.2 Å². The van der Waals surface area contributed by atoms with Crippen molar-refractivity contribution >= 4 is 11.3 Å². The van der Waals surface area contributed by atoms with Crippen molar-refractivity contribution in [1.82, 2.24) is 0 Å². The highest BCUT2D eigenvalue weighted by molar-refractivity contribution is 7.16. The molecule has 1 aliphatic heterocycles. The molecule has 5 fully saturated rings. The fourth-order valence-electron chi connectivity index (χ4n) is 6.89. The van der Waals surface area contributed by atoms with Gasteiger partial charge in [-0.15, -0.1) is 11.3 Å². The molecule has 1 aromatic heterocycles. The molecule has 4 aliphatic carbocycles. The molecule has 0 radical (unpaired) electrons. The largest absolute Gasteiger partial charge is 0.508 e. The van der Waals surface area contributed by atoms with E-state index in [2.05, 4.69) is 6.07 Å². The zero-order valence-electron chi connectivity index (χ0n) is 16.3. The monoisotopic (exact) mass is 409 g/mol. The lowest BCUT2D eigenvalue weighted by Crippen LogP contribution is -2.76. The molecule has 29 heavy (non-hydrogen) atoms. The topological polar surface area (TPSA) is 71.7 Å². The van der Waals surface area contributed by atoms with Gasteiger partial charge < -0.3 is 9.84 Å². The Kier molecular flexibility index (Phi) is 3.74. The second-order valence-corrected chi connectivity index (χ2v) is 10.2. The summed E-state index contributed by atoms with van der Waals surface area (Å²) < 4.78 is 6.17. The fourth-order valence-corrected chi connectivity index (χ4v) is 7.74. The molecule has 7 rings (SSSR count). The summed E-state index contributed by atoms with van der Waals surface area (Å²) in [6.45, 7) is 0. The molecule has 1 atom stereocenters. The molecule has 4 saturated carbocycles. The third-order valence-electron chi connectivity index (χ3n) is 7.79. The van der Waals surface area contributed by atoms with Gasteiger partial charge in [-0.2, -0.15) is 10.1 Å². The Hall–Kier alpha value is -1.91. The summed E-state index contributed by atoms with van der Waals surface area (Å²) in [6, 6.07) is 11.3. The maximum Gasteiger partial charge on any atom is 0.261 e. The van der Waals surface area contributed by atoms with Crippen LogP contribution in [0.5, 0.6) is 5.75 Å². The van der Waals surface area contributed by atoms with Crippen molar-refractivity contribution in [1.29, 1.82) is 5.26 Å². The lowest BCUT2D eigenvalue weighted by Gasteiger charge is -2.68. The molecule has 2 heterocycles. The second kappa shape index (κ2) is 6.05. The van der Waals surface area contributed by atoms with E-state index in [4.69, 9.17) is 14.5 Å². The van der Waals surface area contributed by atoms with Crippen molar-refractivity contribution in [3.8, 4) is 22.3 Å². The van der Waals surface area contributed by atoms with Crippen LogP contribution in [0.25, 0.3) is 10.4 Å². The Morgan fingerprint density at radius 2 is 1.79 bits per heavy atom. The number of hydrogen-bond donors (Lipinski definition) is 1. The van der Waals surface area contributed by atoms with E-state index in [1.165, 1.54) is 17.8 Å².